The van der Waals surface area contributed by atoms with E-state index in [2.05, 4.69) is 11.9 Å². The molecule has 1 aliphatic rings. The maximum absolute atomic E-state index is 10.9. The fourth-order valence-corrected chi connectivity index (χ4v) is 2.55. The highest BCUT2D eigenvalue weighted by atomic mass is 16.5. The van der Waals surface area contributed by atoms with Crippen LogP contribution in [0.2, 0.25) is 0 Å². The lowest BCUT2D eigenvalue weighted by atomic mass is 9.94. The Morgan fingerprint density at radius 3 is 2.55 bits per heavy atom. The molecule has 0 amide bonds. The molecule has 1 heterocycles. The highest BCUT2D eigenvalue weighted by Gasteiger charge is 2.16. The summed E-state index contributed by atoms with van der Waals surface area (Å²) in [6.07, 6.45) is 4.87. The highest BCUT2D eigenvalue weighted by molar-refractivity contribution is 5.90. The zero-order chi connectivity index (χ0) is 14.4. The van der Waals surface area contributed by atoms with E-state index < -0.39 is 0 Å². The van der Waals surface area contributed by atoms with Crippen molar-refractivity contribution in [3.8, 4) is 5.75 Å². The lowest BCUT2D eigenvalue weighted by molar-refractivity contribution is 0.109. The van der Waals surface area contributed by atoms with Crippen LogP contribution in [-0.4, -0.2) is 44.2 Å². The van der Waals surface area contributed by atoms with Gasteiger partial charge in [0, 0.05) is 11.1 Å². The standard InChI is InChI=1S/C16H21NO3/c1-17-7-4-13(5-8-17)6-9-20-16-3-2-14(11-18)15(10-16)12-19/h2-3,10-13H,4-9H2,1H3. The first-order valence-corrected chi connectivity index (χ1v) is 7.08. The molecular weight excluding hydrogens is 254 g/mol. The minimum atomic E-state index is 0.386. The number of carbonyl (C=O) groups excluding carboxylic acids is 2. The van der Waals surface area contributed by atoms with Crippen LogP contribution in [0, 0.1) is 5.92 Å². The lowest BCUT2D eigenvalue weighted by Gasteiger charge is -2.28. The lowest BCUT2D eigenvalue weighted by Crippen LogP contribution is -2.30. The predicted molar refractivity (Wildman–Crippen MR) is 77.6 cm³/mol. The van der Waals surface area contributed by atoms with E-state index in [0.29, 0.717) is 36.1 Å². The number of hydrogen-bond acceptors (Lipinski definition) is 4. The van der Waals surface area contributed by atoms with E-state index in [-0.39, 0.29) is 0 Å². The largest absolute Gasteiger partial charge is 0.494 e. The van der Waals surface area contributed by atoms with Crippen molar-refractivity contribution in [2.75, 3.05) is 26.7 Å². The molecule has 2 rings (SSSR count). The van der Waals surface area contributed by atoms with Gasteiger partial charge >= 0.3 is 0 Å². The summed E-state index contributed by atoms with van der Waals surface area (Å²) in [5, 5.41) is 0. The van der Waals surface area contributed by atoms with Crippen molar-refractivity contribution < 1.29 is 14.3 Å². The topological polar surface area (TPSA) is 46.6 Å². The SMILES string of the molecule is CN1CCC(CCOc2ccc(C=O)c(C=O)c2)CC1. The van der Waals surface area contributed by atoms with Gasteiger partial charge in [0.2, 0.25) is 0 Å². The Morgan fingerprint density at radius 2 is 1.90 bits per heavy atom. The summed E-state index contributed by atoms with van der Waals surface area (Å²) < 4.78 is 5.69. The fraction of sp³-hybridized carbons (Fsp3) is 0.500. The van der Waals surface area contributed by atoms with E-state index >= 15 is 0 Å². The van der Waals surface area contributed by atoms with Gasteiger partial charge in [-0.2, -0.15) is 0 Å². The number of carbonyl (C=O) groups is 2. The molecule has 1 aromatic rings. The molecule has 1 aliphatic heterocycles. The van der Waals surface area contributed by atoms with Gasteiger partial charge in [0.1, 0.15) is 5.75 Å². The molecule has 0 unspecified atom stereocenters. The quantitative estimate of drug-likeness (QED) is 0.748. The molecule has 1 saturated heterocycles. The van der Waals surface area contributed by atoms with Crippen molar-refractivity contribution in [1.82, 2.24) is 4.90 Å². The molecule has 0 radical (unpaired) electrons. The first-order chi connectivity index (χ1) is 9.72. The van der Waals surface area contributed by atoms with Gasteiger partial charge in [0.15, 0.2) is 12.6 Å². The summed E-state index contributed by atoms with van der Waals surface area (Å²) in [5.41, 5.74) is 0.791. The number of nitrogens with zero attached hydrogens (tertiary/aromatic N) is 1. The van der Waals surface area contributed by atoms with Gasteiger partial charge in [-0.15, -0.1) is 0 Å². The summed E-state index contributed by atoms with van der Waals surface area (Å²) >= 11 is 0. The molecule has 0 aromatic heterocycles. The number of benzene rings is 1. The molecule has 20 heavy (non-hydrogen) atoms. The van der Waals surface area contributed by atoms with Crippen LogP contribution in [0.5, 0.6) is 5.75 Å². The van der Waals surface area contributed by atoms with Crippen molar-refractivity contribution >= 4 is 12.6 Å². The molecule has 0 atom stereocenters. The fourth-order valence-electron chi connectivity index (χ4n) is 2.55. The third kappa shape index (κ3) is 3.90. The average Bonchev–Trinajstić information content (AvgIpc) is 2.49. The first kappa shape index (κ1) is 14.7. The molecule has 0 saturated carbocycles. The van der Waals surface area contributed by atoms with Crippen LogP contribution < -0.4 is 4.74 Å². The Labute approximate surface area is 119 Å². The molecule has 0 aliphatic carbocycles. The van der Waals surface area contributed by atoms with Gasteiger partial charge in [-0.25, -0.2) is 0 Å². The third-order valence-corrected chi connectivity index (χ3v) is 3.95. The Morgan fingerprint density at radius 1 is 1.20 bits per heavy atom. The van der Waals surface area contributed by atoms with E-state index in [9.17, 15) is 9.59 Å². The average molecular weight is 275 g/mol. The number of likely N-dealkylation sites (tertiary alicyclic amines) is 1. The summed E-state index contributed by atoms with van der Waals surface area (Å²) in [5.74, 6) is 1.39. The number of rotatable bonds is 6. The molecule has 1 aromatic carbocycles. The second kappa shape index (κ2) is 7.20. The zero-order valence-electron chi connectivity index (χ0n) is 11.9. The van der Waals surface area contributed by atoms with Crippen LogP contribution in [0.15, 0.2) is 18.2 Å². The van der Waals surface area contributed by atoms with E-state index in [4.69, 9.17) is 4.74 Å². The molecule has 1 fully saturated rings. The number of piperidine rings is 1. The Balaban J connectivity index is 1.82. The molecule has 4 nitrogen and oxygen atoms in total. The van der Waals surface area contributed by atoms with Gasteiger partial charge in [0.25, 0.3) is 0 Å². The van der Waals surface area contributed by atoms with Crippen molar-refractivity contribution in [1.29, 1.82) is 0 Å². The second-order valence-corrected chi connectivity index (χ2v) is 5.41. The molecule has 0 N–H and O–H groups in total. The molecular formula is C16H21NO3. The van der Waals surface area contributed by atoms with Crippen LogP contribution in [0.3, 0.4) is 0 Å². The summed E-state index contributed by atoms with van der Waals surface area (Å²) in [6, 6.07) is 5.00. The zero-order valence-corrected chi connectivity index (χ0v) is 11.9. The maximum atomic E-state index is 10.9. The van der Waals surface area contributed by atoms with E-state index in [1.807, 2.05) is 0 Å². The van der Waals surface area contributed by atoms with Gasteiger partial charge in [-0.1, -0.05) is 0 Å². The van der Waals surface area contributed by atoms with Crippen LogP contribution in [0.1, 0.15) is 40.0 Å². The monoisotopic (exact) mass is 275 g/mol. The minimum absolute atomic E-state index is 0.386. The summed E-state index contributed by atoms with van der Waals surface area (Å²) in [4.78, 5) is 24.0. The first-order valence-electron chi connectivity index (χ1n) is 7.08. The molecule has 4 heteroatoms. The van der Waals surface area contributed by atoms with Gasteiger partial charge in [-0.05, 0) is 63.5 Å². The van der Waals surface area contributed by atoms with E-state index in [1.54, 1.807) is 18.2 Å². The number of hydrogen-bond donors (Lipinski definition) is 0. The maximum Gasteiger partial charge on any atom is 0.150 e. The smallest absolute Gasteiger partial charge is 0.150 e. The predicted octanol–water partition coefficient (Wildman–Crippen LogP) is 2.42. The summed E-state index contributed by atoms with van der Waals surface area (Å²) in [6.45, 7) is 2.98. The Hall–Kier alpha value is -1.68. The van der Waals surface area contributed by atoms with E-state index in [0.717, 1.165) is 25.4 Å². The Kier molecular flexibility index (Phi) is 5.30. The summed E-state index contributed by atoms with van der Waals surface area (Å²) in [7, 11) is 2.16. The third-order valence-electron chi connectivity index (χ3n) is 3.95. The number of ether oxygens (including phenoxy) is 1. The normalized spacial score (nSPS) is 16.9. The number of aldehydes is 2. The molecule has 108 valence electrons. The van der Waals surface area contributed by atoms with Crippen LogP contribution >= 0.6 is 0 Å². The van der Waals surface area contributed by atoms with Crippen molar-refractivity contribution in [3.63, 3.8) is 0 Å². The van der Waals surface area contributed by atoms with Crippen molar-refractivity contribution in [2.24, 2.45) is 5.92 Å². The Bertz CT molecular complexity index is 465. The van der Waals surface area contributed by atoms with Crippen LogP contribution in [0.25, 0.3) is 0 Å². The van der Waals surface area contributed by atoms with Gasteiger partial charge in [0.05, 0.1) is 6.61 Å². The van der Waals surface area contributed by atoms with Crippen molar-refractivity contribution in [2.45, 2.75) is 19.3 Å². The van der Waals surface area contributed by atoms with Crippen LogP contribution in [-0.2, 0) is 0 Å². The van der Waals surface area contributed by atoms with Gasteiger partial charge in [-0.3, -0.25) is 9.59 Å². The molecule has 0 bridgehead atoms. The van der Waals surface area contributed by atoms with Gasteiger partial charge < -0.3 is 9.64 Å². The van der Waals surface area contributed by atoms with Crippen LogP contribution in [0.4, 0.5) is 0 Å². The molecule has 0 spiro atoms. The van der Waals surface area contributed by atoms with E-state index in [1.165, 1.54) is 12.8 Å². The highest BCUT2D eigenvalue weighted by Crippen LogP contribution is 2.21. The minimum Gasteiger partial charge on any atom is -0.494 e. The second-order valence-electron chi connectivity index (χ2n) is 5.41. The van der Waals surface area contributed by atoms with Crippen molar-refractivity contribution in [3.05, 3.63) is 29.3 Å².